The topological polar surface area (TPSA) is 75.5 Å². The lowest BCUT2D eigenvalue weighted by molar-refractivity contribution is 0.576. The maximum Gasteiger partial charge on any atom is 0.260 e. The first kappa shape index (κ1) is 16.6. The summed E-state index contributed by atoms with van der Waals surface area (Å²) < 4.78 is 29.4. The Morgan fingerprint density at radius 2 is 2.24 bits per heavy atom. The zero-order chi connectivity index (χ0) is 15.3. The highest BCUT2D eigenvalue weighted by Crippen LogP contribution is 2.25. The molecular formula is C12H20N4O2S3. The van der Waals surface area contributed by atoms with Gasteiger partial charge in [0, 0.05) is 24.7 Å². The van der Waals surface area contributed by atoms with E-state index in [0.717, 1.165) is 18.6 Å². The molecule has 2 aromatic heterocycles. The number of hydrogen-bond donors (Lipinski definition) is 2. The van der Waals surface area contributed by atoms with Crippen LogP contribution < -0.4 is 10.0 Å². The van der Waals surface area contributed by atoms with Crippen LogP contribution in [0.3, 0.4) is 0 Å². The number of thiazole rings is 1. The van der Waals surface area contributed by atoms with Crippen molar-refractivity contribution in [1.82, 2.24) is 14.1 Å². The van der Waals surface area contributed by atoms with Gasteiger partial charge in [0.1, 0.15) is 0 Å². The molecule has 0 spiro atoms. The smallest absolute Gasteiger partial charge is 0.260 e. The van der Waals surface area contributed by atoms with Crippen LogP contribution in [0.5, 0.6) is 0 Å². The Kier molecular flexibility index (Phi) is 5.91. The minimum Gasteiger partial charge on any atom is -0.368 e. The van der Waals surface area contributed by atoms with Gasteiger partial charge >= 0.3 is 0 Å². The molecule has 0 fully saturated rings. The summed E-state index contributed by atoms with van der Waals surface area (Å²) >= 11 is 3.12. The third-order valence-electron chi connectivity index (χ3n) is 2.83. The minimum absolute atomic E-state index is 0.205. The molecule has 2 aromatic rings. The van der Waals surface area contributed by atoms with Gasteiger partial charge in [-0.1, -0.05) is 6.92 Å². The normalized spacial score (nSPS) is 12.1. The molecule has 0 saturated heterocycles. The molecule has 9 heteroatoms. The summed E-state index contributed by atoms with van der Waals surface area (Å²) in [7, 11) is -3.57. The highest BCUT2D eigenvalue weighted by Gasteiger charge is 2.25. The van der Waals surface area contributed by atoms with Gasteiger partial charge in [-0.15, -0.1) is 11.3 Å². The summed E-state index contributed by atoms with van der Waals surface area (Å²) in [6.07, 6.45) is 5.46. The number of thioether (sulfide) groups is 1. The average molecular weight is 349 g/mol. The van der Waals surface area contributed by atoms with Gasteiger partial charge in [-0.05, 0) is 24.9 Å². The molecule has 0 bridgehead atoms. The van der Waals surface area contributed by atoms with Gasteiger partial charge in [0.15, 0.2) is 15.8 Å². The Morgan fingerprint density at radius 1 is 1.43 bits per heavy atom. The van der Waals surface area contributed by atoms with E-state index >= 15 is 0 Å². The number of aromatic nitrogens is 2. The van der Waals surface area contributed by atoms with E-state index < -0.39 is 10.0 Å². The number of nitrogens with one attached hydrogen (secondary N) is 2. The van der Waals surface area contributed by atoms with E-state index in [1.54, 1.807) is 22.4 Å². The third-order valence-corrected chi connectivity index (χ3v) is 5.77. The van der Waals surface area contributed by atoms with Crippen molar-refractivity contribution < 1.29 is 8.42 Å². The average Bonchev–Trinajstić information content (AvgIpc) is 3.01. The second kappa shape index (κ2) is 7.48. The van der Waals surface area contributed by atoms with Crippen LogP contribution in [0.15, 0.2) is 16.6 Å². The van der Waals surface area contributed by atoms with Crippen molar-refractivity contribution in [3.63, 3.8) is 0 Å². The standard InChI is InChI=1S/C12H20N4O2S3/c1-3-5-13-10-11(16-7-9-20-12(16)15-10)21(17,18)14-6-4-8-19-2/h7,9,13-14H,3-6,8H2,1-2H3. The van der Waals surface area contributed by atoms with E-state index in [9.17, 15) is 8.42 Å². The highest BCUT2D eigenvalue weighted by molar-refractivity contribution is 7.98. The van der Waals surface area contributed by atoms with Crippen LogP contribution >= 0.6 is 23.1 Å². The Bertz CT molecular complexity index is 678. The molecule has 0 aliphatic rings. The first-order valence-electron chi connectivity index (χ1n) is 6.78. The summed E-state index contributed by atoms with van der Waals surface area (Å²) in [4.78, 5) is 5.05. The van der Waals surface area contributed by atoms with E-state index in [1.807, 2.05) is 18.6 Å². The first-order valence-corrected chi connectivity index (χ1v) is 10.5. The molecule has 0 aromatic carbocycles. The van der Waals surface area contributed by atoms with Crippen molar-refractivity contribution in [2.24, 2.45) is 0 Å². The largest absolute Gasteiger partial charge is 0.368 e. The number of fused-ring (bicyclic) bond motifs is 1. The van der Waals surface area contributed by atoms with Gasteiger partial charge in [-0.3, -0.25) is 4.40 Å². The first-order chi connectivity index (χ1) is 10.1. The number of rotatable bonds is 9. The molecule has 6 nitrogen and oxygen atoms in total. The molecule has 0 atom stereocenters. The molecule has 2 N–H and O–H groups in total. The van der Waals surface area contributed by atoms with E-state index in [2.05, 4.69) is 15.0 Å². The summed E-state index contributed by atoms with van der Waals surface area (Å²) in [5.74, 6) is 1.37. The van der Waals surface area contributed by atoms with Crippen molar-refractivity contribution in [2.45, 2.75) is 24.8 Å². The molecule has 0 aliphatic carbocycles. The number of anilines is 1. The van der Waals surface area contributed by atoms with Crippen molar-refractivity contribution in [2.75, 3.05) is 30.4 Å². The molecule has 0 radical (unpaired) electrons. The molecule has 21 heavy (non-hydrogen) atoms. The van der Waals surface area contributed by atoms with Crippen molar-refractivity contribution in [1.29, 1.82) is 0 Å². The lowest BCUT2D eigenvalue weighted by atomic mass is 10.5. The highest BCUT2D eigenvalue weighted by atomic mass is 32.2. The fourth-order valence-corrected chi connectivity index (χ4v) is 4.40. The summed E-state index contributed by atoms with van der Waals surface area (Å²) in [6, 6.07) is 0. The summed E-state index contributed by atoms with van der Waals surface area (Å²) in [5, 5.41) is 5.13. The monoisotopic (exact) mass is 348 g/mol. The fraction of sp³-hybridized carbons (Fsp3) is 0.583. The Morgan fingerprint density at radius 3 is 2.95 bits per heavy atom. The Labute approximate surface area is 133 Å². The van der Waals surface area contributed by atoms with Crippen molar-refractivity contribution in [3.8, 4) is 0 Å². The molecule has 0 aliphatic heterocycles. The zero-order valence-electron chi connectivity index (χ0n) is 12.1. The summed E-state index contributed by atoms with van der Waals surface area (Å²) in [6.45, 7) is 3.16. The van der Waals surface area contributed by atoms with Crippen molar-refractivity contribution >= 4 is 43.9 Å². The van der Waals surface area contributed by atoms with Gasteiger partial charge in [0.05, 0.1) is 0 Å². The molecule has 0 unspecified atom stereocenters. The Hall–Kier alpha value is -0.770. The maximum absolute atomic E-state index is 12.5. The summed E-state index contributed by atoms with van der Waals surface area (Å²) in [5.41, 5.74) is 0. The fourth-order valence-electron chi connectivity index (χ4n) is 1.87. The lowest BCUT2D eigenvalue weighted by Crippen LogP contribution is -2.27. The Balaban J connectivity index is 2.26. The van der Waals surface area contributed by atoms with E-state index in [1.165, 1.54) is 11.3 Å². The predicted octanol–water partition coefficient (Wildman–Crippen LogP) is 2.25. The molecule has 0 saturated carbocycles. The van der Waals surface area contributed by atoms with E-state index in [-0.39, 0.29) is 5.03 Å². The van der Waals surface area contributed by atoms with E-state index in [0.29, 0.717) is 23.9 Å². The van der Waals surface area contributed by atoms with Gasteiger partial charge in [-0.25, -0.2) is 18.1 Å². The molecule has 118 valence electrons. The molecule has 2 heterocycles. The number of sulfonamides is 1. The molecular weight excluding hydrogens is 328 g/mol. The van der Waals surface area contributed by atoms with Gasteiger partial charge in [0.2, 0.25) is 0 Å². The second-order valence-corrected chi connectivity index (χ2v) is 8.03. The van der Waals surface area contributed by atoms with Gasteiger partial charge in [-0.2, -0.15) is 11.8 Å². The minimum atomic E-state index is -3.57. The van der Waals surface area contributed by atoms with Gasteiger partial charge in [0.25, 0.3) is 10.0 Å². The van der Waals surface area contributed by atoms with Crippen LogP contribution in [0.2, 0.25) is 0 Å². The van der Waals surface area contributed by atoms with Crippen LogP contribution in [0.25, 0.3) is 4.96 Å². The van der Waals surface area contributed by atoms with Gasteiger partial charge < -0.3 is 5.32 Å². The SMILES string of the molecule is CCCNc1nc2sccn2c1S(=O)(=O)NCCCSC. The predicted molar refractivity (Wildman–Crippen MR) is 90.0 cm³/mol. The van der Waals surface area contributed by atoms with Crippen LogP contribution in [-0.4, -0.2) is 42.9 Å². The number of hydrogen-bond acceptors (Lipinski definition) is 6. The van der Waals surface area contributed by atoms with Crippen molar-refractivity contribution in [3.05, 3.63) is 11.6 Å². The third kappa shape index (κ3) is 3.91. The number of imidazole rings is 1. The zero-order valence-corrected chi connectivity index (χ0v) is 14.6. The molecule has 0 amide bonds. The second-order valence-electron chi connectivity index (χ2n) is 4.49. The quantitative estimate of drug-likeness (QED) is 0.680. The van der Waals surface area contributed by atoms with Crippen LogP contribution in [0.4, 0.5) is 5.82 Å². The maximum atomic E-state index is 12.5. The number of nitrogens with zero attached hydrogens (tertiary/aromatic N) is 2. The van der Waals surface area contributed by atoms with Crippen LogP contribution in [0, 0.1) is 0 Å². The van der Waals surface area contributed by atoms with E-state index in [4.69, 9.17) is 0 Å². The lowest BCUT2D eigenvalue weighted by Gasteiger charge is -2.08. The molecule has 2 rings (SSSR count). The van der Waals surface area contributed by atoms with Crippen LogP contribution in [-0.2, 0) is 10.0 Å². The van der Waals surface area contributed by atoms with Crippen LogP contribution in [0.1, 0.15) is 19.8 Å².